The van der Waals surface area contributed by atoms with Crippen molar-refractivity contribution in [1.82, 2.24) is 9.97 Å². The fourth-order valence-electron chi connectivity index (χ4n) is 2.28. The van der Waals surface area contributed by atoms with Gasteiger partial charge < -0.3 is 10.1 Å². The lowest BCUT2D eigenvalue weighted by Gasteiger charge is -2.07. The molecule has 0 bridgehead atoms. The number of nitrogens with one attached hydrogen (secondary N) is 2. The van der Waals surface area contributed by atoms with Crippen LogP contribution in [0.1, 0.15) is 11.1 Å². The number of hydrogen-bond acceptors (Lipinski definition) is 4. The Labute approximate surface area is 128 Å². The Morgan fingerprint density at radius 3 is 2.59 bits per heavy atom. The van der Waals surface area contributed by atoms with Crippen molar-refractivity contribution in [2.45, 2.75) is 13.2 Å². The van der Waals surface area contributed by atoms with E-state index >= 15 is 0 Å². The number of nitrogens with zero attached hydrogens (tertiary/aromatic N) is 1. The molecular formula is C17H17N3O2. The summed E-state index contributed by atoms with van der Waals surface area (Å²) in [4.78, 5) is 19.1. The molecule has 0 aliphatic rings. The van der Waals surface area contributed by atoms with Crippen LogP contribution in [0.2, 0.25) is 0 Å². The third-order valence-electron chi connectivity index (χ3n) is 3.41. The van der Waals surface area contributed by atoms with Crippen molar-refractivity contribution in [3.05, 3.63) is 70.0 Å². The largest absolute Gasteiger partial charge is 0.380 e. The van der Waals surface area contributed by atoms with Crippen LogP contribution in [-0.4, -0.2) is 17.1 Å². The Morgan fingerprint density at radius 1 is 1.09 bits per heavy atom. The highest BCUT2D eigenvalue weighted by Gasteiger charge is 2.03. The van der Waals surface area contributed by atoms with Crippen LogP contribution in [0.3, 0.4) is 0 Å². The summed E-state index contributed by atoms with van der Waals surface area (Å²) in [5.41, 5.74) is 2.78. The maximum atomic E-state index is 12.0. The molecule has 0 spiro atoms. The zero-order valence-electron chi connectivity index (χ0n) is 12.3. The molecular weight excluding hydrogens is 278 g/mol. The van der Waals surface area contributed by atoms with Crippen LogP contribution in [0.15, 0.2) is 53.3 Å². The number of fused-ring (bicyclic) bond motifs is 1. The smallest absolute Gasteiger partial charge is 0.260 e. The van der Waals surface area contributed by atoms with Crippen LogP contribution >= 0.6 is 0 Å². The molecule has 3 aromatic rings. The Kier molecular flexibility index (Phi) is 4.16. The lowest BCUT2D eigenvalue weighted by molar-refractivity contribution is 0.185. The van der Waals surface area contributed by atoms with Crippen molar-refractivity contribution < 1.29 is 4.74 Å². The van der Waals surface area contributed by atoms with Gasteiger partial charge in [-0.05, 0) is 23.3 Å². The summed E-state index contributed by atoms with van der Waals surface area (Å²) < 4.78 is 5.09. The number of anilines is 1. The molecule has 0 saturated carbocycles. The van der Waals surface area contributed by atoms with Gasteiger partial charge in [-0.15, -0.1) is 0 Å². The molecule has 0 aliphatic carbocycles. The first-order chi connectivity index (χ1) is 10.8. The molecule has 5 nitrogen and oxygen atoms in total. The topological polar surface area (TPSA) is 67.0 Å². The Morgan fingerprint density at radius 2 is 1.82 bits per heavy atom. The summed E-state index contributed by atoms with van der Waals surface area (Å²) >= 11 is 0. The molecule has 2 N–H and O–H groups in total. The number of hydrogen-bond donors (Lipinski definition) is 2. The second-order valence-electron chi connectivity index (χ2n) is 5.03. The minimum Gasteiger partial charge on any atom is -0.380 e. The Bertz CT molecular complexity index is 825. The van der Waals surface area contributed by atoms with E-state index in [-0.39, 0.29) is 5.56 Å². The molecule has 1 aromatic heterocycles. The molecule has 22 heavy (non-hydrogen) atoms. The van der Waals surface area contributed by atoms with E-state index in [1.165, 1.54) is 0 Å². The molecule has 5 heteroatoms. The number of rotatable bonds is 5. The molecule has 0 aliphatic heterocycles. The quantitative estimate of drug-likeness (QED) is 0.759. The van der Waals surface area contributed by atoms with Crippen LogP contribution in [0, 0.1) is 0 Å². The van der Waals surface area contributed by atoms with Crippen molar-refractivity contribution in [3.63, 3.8) is 0 Å². The van der Waals surface area contributed by atoms with Crippen LogP contribution in [0.5, 0.6) is 0 Å². The van der Waals surface area contributed by atoms with E-state index in [4.69, 9.17) is 4.74 Å². The first-order valence-electron chi connectivity index (χ1n) is 7.06. The van der Waals surface area contributed by atoms with Gasteiger partial charge in [0.2, 0.25) is 5.95 Å². The van der Waals surface area contributed by atoms with Gasteiger partial charge in [0, 0.05) is 13.7 Å². The van der Waals surface area contributed by atoms with Gasteiger partial charge in [0.05, 0.1) is 17.5 Å². The van der Waals surface area contributed by atoms with Gasteiger partial charge in [-0.3, -0.25) is 9.78 Å². The molecule has 0 amide bonds. The number of methoxy groups -OCH3 is 1. The number of ether oxygens (including phenoxy) is 1. The van der Waals surface area contributed by atoms with Crippen molar-refractivity contribution in [3.8, 4) is 0 Å². The van der Waals surface area contributed by atoms with E-state index in [1.807, 2.05) is 42.5 Å². The average Bonchev–Trinajstić information content (AvgIpc) is 2.55. The second-order valence-corrected chi connectivity index (χ2v) is 5.03. The van der Waals surface area contributed by atoms with Gasteiger partial charge in [-0.1, -0.05) is 36.4 Å². The molecule has 112 valence electrons. The zero-order valence-corrected chi connectivity index (χ0v) is 12.3. The van der Waals surface area contributed by atoms with Gasteiger partial charge in [0.1, 0.15) is 0 Å². The third-order valence-corrected chi connectivity index (χ3v) is 3.41. The SMILES string of the molecule is COCc1ccc(CNc2nc3ccccc3c(=O)[nH]2)cc1. The van der Waals surface area contributed by atoms with E-state index in [9.17, 15) is 4.79 Å². The lowest BCUT2D eigenvalue weighted by Crippen LogP contribution is -2.13. The van der Waals surface area contributed by atoms with Crippen molar-refractivity contribution in [2.24, 2.45) is 0 Å². The summed E-state index contributed by atoms with van der Waals surface area (Å²) in [7, 11) is 1.68. The van der Waals surface area contributed by atoms with E-state index < -0.39 is 0 Å². The summed E-state index contributed by atoms with van der Waals surface area (Å²) in [6, 6.07) is 15.4. The number of H-pyrrole nitrogens is 1. The van der Waals surface area contributed by atoms with E-state index in [2.05, 4.69) is 15.3 Å². The van der Waals surface area contributed by atoms with Gasteiger partial charge in [0.15, 0.2) is 0 Å². The first kappa shape index (κ1) is 14.3. The van der Waals surface area contributed by atoms with Gasteiger partial charge in [0.25, 0.3) is 5.56 Å². The summed E-state index contributed by atoms with van der Waals surface area (Å²) in [6.07, 6.45) is 0. The fraction of sp³-hybridized carbons (Fsp3) is 0.176. The Hall–Kier alpha value is -2.66. The molecule has 0 fully saturated rings. The third kappa shape index (κ3) is 3.15. The average molecular weight is 295 g/mol. The van der Waals surface area contributed by atoms with Gasteiger partial charge in [-0.2, -0.15) is 0 Å². The minimum absolute atomic E-state index is 0.136. The van der Waals surface area contributed by atoms with E-state index in [0.29, 0.717) is 30.0 Å². The molecule has 0 atom stereocenters. The first-order valence-corrected chi connectivity index (χ1v) is 7.06. The molecule has 0 radical (unpaired) electrons. The molecule has 0 saturated heterocycles. The van der Waals surface area contributed by atoms with Crippen LogP contribution in [0.25, 0.3) is 10.9 Å². The van der Waals surface area contributed by atoms with E-state index in [1.54, 1.807) is 13.2 Å². The maximum absolute atomic E-state index is 12.0. The predicted molar refractivity (Wildman–Crippen MR) is 86.8 cm³/mol. The highest BCUT2D eigenvalue weighted by Crippen LogP contribution is 2.10. The minimum atomic E-state index is -0.136. The maximum Gasteiger partial charge on any atom is 0.260 e. The fourth-order valence-corrected chi connectivity index (χ4v) is 2.28. The monoisotopic (exact) mass is 295 g/mol. The summed E-state index contributed by atoms with van der Waals surface area (Å²) in [5, 5.41) is 3.74. The van der Waals surface area contributed by atoms with Crippen molar-refractivity contribution in [1.29, 1.82) is 0 Å². The van der Waals surface area contributed by atoms with Crippen LogP contribution < -0.4 is 10.9 Å². The zero-order chi connectivity index (χ0) is 15.4. The standard InChI is InChI=1S/C17H17N3O2/c1-22-11-13-8-6-12(7-9-13)10-18-17-19-15-5-3-2-4-14(15)16(21)20-17/h2-9H,10-11H2,1H3,(H2,18,19,20,21). The second kappa shape index (κ2) is 6.41. The normalized spacial score (nSPS) is 10.8. The number of benzene rings is 2. The predicted octanol–water partition coefficient (Wildman–Crippen LogP) is 2.68. The van der Waals surface area contributed by atoms with Gasteiger partial charge in [-0.25, -0.2) is 4.98 Å². The van der Waals surface area contributed by atoms with E-state index in [0.717, 1.165) is 11.1 Å². The highest BCUT2D eigenvalue weighted by molar-refractivity contribution is 5.78. The molecule has 0 unspecified atom stereocenters. The van der Waals surface area contributed by atoms with Crippen LogP contribution in [-0.2, 0) is 17.9 Å². The Balaban J connectivity index is 1.74. The summed E-state index contributed by atoms with van der Waals surface area (Å²) in [5.74, 6) is 0.477. The molecule has 3 rings (SSSR count). The number of aromatic nitrogens is 2. The van der Waals surface area contributed by atoms with Crippen molar-refractivity contribution >= 4 is 16.9 Å². The molecule has 1 heterocycles. The number of aromatic amines is 1. The highest BCUT2D eigenvalue weighted by atomic mass is 16.5. The number of para-hydroxylation sites is 1. The van der Waals surface area contributed by atoms with Crippen LogP contribution in [0.4, 0.5) is 5.95 Å². The molecule has 2 aromatic carbocycles. The lowest BCUT2D eigenvalue weighted by atomic mass is 10.1. The summed E-state index contributed by atoms with van der Waals surface area (Å²) in [6.45, 7) is 1.20. The van der Waals surface area contributed by atoms with Gasteiger partial charge >= 0.3 is 0 Å². The van der Waals surface area contributed by atoms with Crippen molar-refractivity contribution in [2.75, 3.05) is 12.4 Å².